The van der Waals surface area contributed by atoms with Gasteiger partial charge in [-0.25, -0.2) is 0 Å². The van der Waals surface area contributed by atoms with Gasteiger partial charge in [-0.15, -0.1) is 0 Å². The molecular formula is C31H27N3O4. The number of aromatic amines is 1. The molecule has 3 heterocycles. The molecule has 2 aliphatic heterocycles. The topological polar surface area (TPSA) is 102 Å². The summed E-state index contributed by atoms with van der Waals surface area (Å²) in [5.74, 6) is -3.81. The molecule has 7 heteroatoms. The number of amides is 2. The molecule has 38 heavy (non-hydrogen) atoms. The van der Waals surface area contributed by atoms with Crippen LogP contribution in [0.1, 0.15) is 16.7 Å². The molecule has 4 atom stereocenters. The minimum atomic E-state index is -1.65. The van der Waals surface area contributed by atoms with Crippen LogP contribution in [0.15, 0.2) is 97.2 Å². The zero-order valence-electron chi connectivity index (χ0n) is 20.6. The predicted octanol–water partition coefficient (Wildman–Crippen LogP) is 4.02. The number of hydrogen-bond acceptors (Lipinski definition) is 4. The van der Waals surface area contributed by atoms with E-state index in [9.17, 15) is 19.5 Å². The molecule has 3 N–H and O–H groups in total. The van der Waals surface area contributed by atoms with Crippen molar-refractivity contribution < 1.29 is 19.5 Å². The zero-order valence-corrected chi connectivity index (χ0v) is 20.6. The summed E-state index contributed by atoms with van der Waals surface area (Å²) in [7, 11) is 0. The maximum absolute atomic E-state index is 13.9. The Balaban J connectivity index is 1.42. The number of para-hydroxylation sites is 1. The number of carbonyl (C=O) groups excluding carboxylic acids is 2. The number of benzene rings is 3. The summed E-state index contributed by atoms with van der Waals surface area (Å²) < 4.78 is 0. The highest BCUT2D eigenvalue weighted by Gasteiger charge is 2.67. The van der Waals surface area contributed by atoms with Gasteiger partial charge in [0.25, 0.3) is 0 Å². The second-order valence-electron chi connectivity index (χ2n) is 10.0. The fraction of sp³-hybridized carbons (Fsp3) is 0.194. The molecule has 1 aromatic heterocycles. The Morgan fingerprint density at radius 3 is 2.34 bits per heavy atom. The molecule has 0 aliphatic carbocycles. The van der Waals surface area contributed by atoms with Crippen LogP contribution in [-0.4, -0.2) is 44.4 Å². The lowest BCUT2D eigenvalue weighted by Gasteiger charge is -2.31. The van der Waals surface area contributed by atoms with Crippen LogP contribution < -0.4 is 5.32 Å². The number of nitrogens with one attached hydrogen (secondary N) is 2. The van der Waals surface area contributed by atoms with Crippen LogP contribution in [-0.2, 0) is 27.3 Å². The Morgan fingerprint density at radius 1 is 0.921 bits per heavy atom. The first-order valence-electron chi connectivity index (χ1n) is 12.7. The first-order chi connectivity index (χ1) is 18.5. The van der Waals surface area contributed by atoms with E-state index in [4.69, 9.17) is 0 Å². The lowest BCUT2D eigenvalue weighted by atomic mass is 9.76. The largest absolute Gasteiger partial charge is 0.480 e. The maximum Gasteiger partial charge on any atom is 0.325 e. The molecule has 2 fully saturated rings. The number of carbonyl (C=O) groups is 3. The fourth-order valence-corrected chi connectivity index (χ4v) is 5.99. The molecule has 7 nitrogen and oxygen atoms in total. The number of carboxylic acids is 1. The van der Waals surface area contributed by atoms with E-state index in [0.29, 0.717) is 0 Å². The van der Waals surface area contributed by atoms with E-state index in [1.54, 1.807) is 6.20 Å². The van der Waals surface area contributed by atoms with Gasteiger partial charge < -0.3 is 10.1 Å². The van der Waals surface area contributed by atoms with Crippen molar-refractivity contribution in [2.45, 2.75) is 24.5 Å². The molecule has 6 rings (SSSR count). The number of hydrogen-bond donors (Lipinski definition) is 3. The lowest BCUT2D eigenvalue weighted by molar-refractivity contribution is -0.151. The van der Waals surface area contributed by atoms with Gasteiger partial charge in [0.2, 0.25) is 11.8 Å². The quantitative estimate of drug-likeness (QED) is 0.329. The highest BCUT2D eigenvalue weighted by molar-refractivity contribution is 6.09. The molecule has 2 aliphatic rings. The molecular weight excluding hydrogens is 478 g/mol. The Morgan fingerprint density at radius 2 is 1.61 bits per heavy atom. The van der Waals surface area contributed by atoms with Crippen LogP contribution in [0.4, 0.5) is 0 Å². The molecule has 190 valence electrons. The average molecular weight is 506 g/mol. The van der Waals surface area contributed by atoms with Crippen molar-refractivity contribution in [2.24, 2.45) is 11.8 Å². The summed E-state index contributed by atoms with van der Waals surface area (Å²) in [5.41, 5.74) is 1.75. The Labute approximate surface area is 219 Å². The SMILES string of the molecule is O=C1C2C(/C=C/c3ccccc3)NC(Cc3c[nH]c4ccccc34)(C(=O)O)C2C(=O)N1Cc1ccccc1. The highest BCUT2D eigenvalue weighted by atomic mass is 16.4. The monoisotopic (exact) mass is 505 g/mol. The summed E-state index contributed by atoms with van der Waals surface area (Å²) in [6.07, 6.45) is 5.55. The number of rotatable bonds is 7. The van der Waals surface area contributed by atoms with E-state index in [1.165, 1.54) is 4.90 Å². The Hall–Kier alpha value is -4.49. The van der Waals surface area contributed by atoms with Crippen molar-refractivity contribution in [1.82, 2.24) is 15.2 Å². The molecule has 2 amide bonds. The normalized spacial score (nSPS) is 24.9. The van der Waals surface area contributed by atoms with E-state index in [-0.39, 0.29) is 18.9 Å². The van der Waals surface area contributed by atoms with Gasteiger partial charge >= 0.3 is 5.97 Å². The summed E-state index contributed by atoms with van der Waals surface area (Å²) in [5, 5.41) is 14.8. The van der Waals surface area contributed by atoms with Crippen LogP contribution in [0.5, 0.6) is 0 Å². The standard InChI is InChI=1S/C31H27N3O4/c35-28-26-25(16-15-20-9-3-1-4-10-20)33-31(30(37)38,17-22-18-32-24-14-8-7-13-23(22)24)27(26)29(36)34(28)19-21-11-5-2-6-12-21/h1-16,18,25-27,32-33H,17,19H2,(H,37,38)/b16-15+. The number of likely N-dealkylation sites (tertiary alicyclic amines) is 1. The Bertz CT molecular complexity index is 1550. The number of nitrogens with zero attached hydrogens (tertiary/aromatic N) is 1. The summed E-state index contributed by atoms with van der Waals surface area (Å²) in [6, 6.07) is 25.9. The molecule has 4 unspecified atom stereocenters. The molecule has 3 aromatic carbocycles. The van der Waals surface area contributed by atoms with Crippen molar-refractivity contribution >= 4 is 34.8 Å². The Kier molecular flexibility index (Phi) is 5.93. The van der Waals surface area contributed by atoms with Gasteiger partial charge in [-0.3, -0.25) is 24.6 Å². The van der Waals surface area contributed by atoms with E-state index in [0.717, 1.165) is 27.6 Å². The van der Waals surface area contributed by atoms with Crippen LogP contribution >= 0.6 is 0 Å². The predicted molar refractivity (Wildman–Crippen MR) is 144 cm³/mol. The second kappa shape index (κ2) is 9.43. The van der Waals surface area contributed by atoms with Gasteiger partial charge in [-0.05, 0) is 22.8 Å². The third-order valence-corrected chi connectivity index (χ3v) is 7.79. The average Bonchev–Trinajstić information content (AvgIpc) is 3.57. The van der Waals surface area contributed by atoms with Crippen molar-refractivity contribution in [3.8, 4) is 0 Å². The number of H-pyrrole nitrogens is 1. The first kappa shape index (κ1) is 23.9. The van der Waals surface area contributed by atoms with Crippen LogP contribution in [0.3, 0.4) is 0 Å². The number of fused-ring (bicyclic) bond motifs is 2. The van der Waals surface area contributed by atoms with Crippen molar-refractivity contribution in [2.75, 3.05) is 0 Å². The number of aromatic nitrogens is 1. The third kappa shape index (κ3) is 3.92. The minimum absolute atomic E-state index is 0.0569. The molecule has 0 bridgehead atoms. The van der Waals surface area contributed by atoms with Crippen molar-refractivity contribution in [3.63, 3.8) is 0 Å². The van der Waals surface area contributed by atoms with Crippen LogP contribution in [0.2, 0.25) is 0 Å². The minimum Gasteiger partial charge on any atom is -0.480 e. The van der Waals surface area contributed by atoms with E-state index >= 15 is 0 Å². The number of carboxylic acid groups (broad SMARTS) is 1. The maximum atomic E-state index is 13.9. The van der Waals surface area contributed by atoms with Gasteiger partial charge in [0.1, 0.15) is 5.54 Å². The fourth-order valence-electron chi connectivity index (χ4n) is 5.99. The van der Waals surface area contributed by atoms with Gasteiger partial charge in [0.05, 0.1) is 18.4 Å². The van der Waals surface area contributed by atoms with Gasteiger partial charge in [-0.2, -0.15) is 0 Å². The summed E-state index contributed by atoms with van der Waals surface area (Å²) in [4.78, 5) is 45.2. The number of imide groups is 1. The third-order valence-electron chi connectivity index (χ3n) is 7.79. The lowest BCUT2D eigenvalue weighted by Crippen LogP contribution is -2.58. The van der Waals surface area contributed by atoms with E-state index in [1.807, 2.05) is 97.1 Å². The molecule has 0 spiro atoms. The summed E-state index contributed by atoms with van der Waals surface area (Å²) >= 11 is 0. The molecule has 4 aromatic rings. The van der Waals surface area contributed by atoms with Gasteiger partial charge in [-0.1, -0.05) is 91.0 Å². The number of aliphatic carboxylic acids is 1. The van der Waals surface area contributed by atoms with Gasteiger partial charge in [0.15, 0.2) is 0 Å². The van der Waals surface area contributed by atoms with Crippen molar-refractivity contribution in [1.29, 1.82) is 0 Å². The van der Waals surface area contributed by atoms with E-state index in [2.05, 4.69) is 10.3 Å². The molecule has 0 saturated carbocycles. The van der Waals surface area contributed by atoms with Gasteiger partial charge in [0, 0.05) is 29.6 Å². The zero-order chi connectivity index (χ0) is 26.3. The second-order valence-corrected chi connectivity index (χ2v) is 10.0. The first-order valence-corrected chi connectivity index (χ1v) is 12.7. The summed E-state index contributed by atoms with van der Waals surface area (Å²) in [6.45, 7) is 0.114. The van der Waals surface area contributed by atoms with Crippen molar-refractivity contribution in [3.05, 3.63) is 114 Å². The van der Waals surface area contributed by atoms with Crippen LogP contribution in [0, 0.1) is 11.8 Å². The van der Waals surface area contributed by atoms with E-state index < -0.39 is 35.3 Å². The highest BCUT2D eigenvalue weighted by Crippen LogP contribution is 2.46. The smallest absolute Gasteiger partial charge is 0.325 e. The van der Waals surface area contributed by atoms with Crippen LogP contribution in [0.25, 0.3) is 17.0 Å². The molecule has 2 saturated heterocycles. The molecule has 0 radical (unpaired) electrons.